The second-order valence-corrected chi connectivity index (χ2v) is 6.34. The van der Waals surface area contributed by atoms with E-state index in [4.69, 9.17) is 11.6 Å². The molecule has 0 aliphatic heterocycles. The molecule has 0 spiro atoms. The van der Waals surface area contributed by atoms with Gasteiger partial charge in [-0.25, -0.2) is 4.98 Å². The zero-order chi connectivity index (χ0) is 15.9. The number of imidazole rings is 1. The second-order valence-electron chi connectivity index (χ2n) is 5.01. The van der Waals surface area contributed by atoms with E-state index in [9.17, 15) is 4.79 Å². The van der Waals surface area contributed by atoms with Gasteiger partial charge in [-0.15, -0.1) is 0 Å². The van der Waals surface area contributed by atoms with Crippen molar-refractivity contribution in [2.75, 3.05) is 5.32 Å². The van der Waals surface area contributed by atoms with E-state index in [1.165, 1.54) is 0 Å². The summed E-state index contributed by atoms with van der Waals surface area (Å²) in [6.45, 7) is 3.78. The fourth-order valence-corrected chi connectivity index (χ4v) is 3.13. The standard InChI is InChI=1S/C16H13BrClN3O/c1-9-7-11(17)8-21-14(10(2)19-15(9)21)16(22)20-13-6-4-3-5-12(13)18/h3-8H,1-2H3,(H,20,22). The van der Waals surface area contributed by atoms with E-state index in [0.717, 1.165) is 15.7 Å². The quantitative estimate of drug-likeness (QED) is 0.707. The van der Waals surface area contributed by atoms with Gasteiger partial charge in [0.1, 0.15) is 11.3 Å². The fourth-order valence-electron chi connectivity index (χ4n) is 2.40. The maximum absolute atomic E-state index is 12.6. The van der Waals surface area contributed by atoms with E-state index >= 15 is 0 Å². The molecule has 1 amide bonds. The molecular weight excluding hydrogens is 366 g/mol. The second kappa shape index (κ2) is 5.74. The maximum Gasteiger partial charge on any atom is 0.274 e. The minimum absolute atomic E-state index is 0.240. The smallest absolute Gasteiger partial charge is 0.274 e. The Labute approximate surface area is 141 Å². The molecule has 0 fully saturated rings. The van der Waals surface area contributed by atoms with Crippen LogP contribution in [-0.4, -0.2) is 15.3 Å². The summed E-state index contributed by atoms with van der Waals surface area (Å²) >= 11 is 9.55. The lowest BCUT2D eigenvalue weighted by Crippen LogP contribution is -2.16. The van der Waals surface area contributed by atoms with Crippen molar-refractivity contribution in [3.63, 3.8) is 0 Å². The molecule has 112 valence electrons. The Bertz CT molecular complexity index is 888. The number of nitrogens with zero attached hydrogens (tertiary/aromatic N) is 2. The molecule has 0 aliphatic rings. The molecule has 0 aliphatic carbocycles. The predicted molar refractivity (Wildman–Crippen MR) is 91.8 cm³/mol. The summed E-state index contributed by atoms with van der Waals surface area (Å²) < 4.78 is 2.68. The van der Waals surface area contributed by atoms with Crippen molar-refractivity contribution in [3.05, 3.63) is 63.0 Å². The lowest BCUT2D eigenvalue weighted by atomic mass is 10.2. The van der Waals surface area contributed by atoms with E-state index in [-0.39, 0.29) is 5.91 Å². The number of benzene rings is 1. The molecule has 6 heteroatoms. The zero-order valence-electron chi connectivity index (χ0n) is 12.0. The summed E-state index contributed by atoms with van der Waals surface area (Å²) in [6.07, 6.45) is 1.84. The van der Waals surface area contributed by atoms with Crippen LogP contribution in [0.2, 0.25) is 5.02 Å². The molecule has 2 heterocycles. The van der Waals surface area contributed by atoms with Gasteiger partial charge in [0.2, 0.25) is 0 Å². The molecule has 3 aromatic rings. The molecule has 0 unspecified atom stereocenters. The first-order valence-electron chi connectivity index (χ1n) is 6.68. The molecule has 3 rings (SSSR count). The van der Waals surface area contributed by atoms with E-state index in [1.54, 1.807) is 16.5 Å². The number of aryl methyl sites for hydroxylation is 2. The maximum atomic E-state index is 12.6. The van der Waals surface area contributed by atoms with Crippen molar-refractivity contribution in [1.82, 2.24) is 9.38 Å². The number of amides is 1. The predicted octanol–water partition coefficient (Wildman–Crippen LogP) is 4.62. The minimum atomic E-state index is -0.240. The lowest BCUT2D eigenvalue weighted by molar-refractivity contribution is 0.102. The lowest BCUT2D eigenvalue weighted by Gasteiger charge is -2.08. The highest BCUT2D eigenvalue weighted by Crippen LogP contribution is 2.24. The number of nitrogens with one attached hydrogen (secondary N) is 1. The van der Waals surface area contributed by atoms with Crippen molar-refractivity contribution in [2.24, 2.45) is 0 Å². The molecule has 4 nitrogen and oxygen atoms in total. The molecule has 0 bridgehead atoms. The van der Waals surface area contributed by atoms with Crippen LogP contribution in [0.1, 0.15) is 21.7 Å². The molecular formula is C16H13BrClN3O. The number of carbonyl (C=O) groups excluding carboxylic acids is 1. The third kappa shape index (κ3) is 2.62. The summed E-state index contributed by atoms with van der Waals surface area (Å²) in [5.74, 6) is -0.240. The number of hydrogen-bond acceptors (Lipinski definition) is 2. The molecule has 1 N–H and O–H groups in total. The Balaban J connectivity index is 2.08. The molecule has 22 heavy (non-hydrogen) atoms. The summed E-state index contributed by atoms with van der Waals surface area (Å²) in [6, 6.07) is 9.11. The van der Waals surface area contributed by atoms with Gasteiger partial charge in [0.15, 0.2) is 0 Å². The van der Waals surface area contributed by atoms with Crippen molar-refractivity contribution >= 4 is 44.8 Å². The number of aromatic nitrogens is 2. The van der Waals surface area contributed by atoms with Crippen LogP contribution in [0.5, 0.6) is 0 Å². The minimum Gasteiger partial charge on any atom is -0.319 e. The average molecular weight is 379 g/mol. The summed E-state index contributed by atoms with van der Waals surface area (Å²) in [4.78, 5) is 17.1. The third-order valence-electron chi connectivity index (χ3n) is 3.38. The number of rotatable bonds is 2. The first-order valence-corrected chi connectivity index (χ1v) is 7.85. The van der Waals surface area contributed by atoms with Gasteiger partial charge in [0.25, 0.3) is 5.91 Å². The van der Waals surface area contributed by atoms with Gasteiger partial charge in [-0.2, -0.15) is 0 Å². The highest BCUT2D eigenvalue weighted by atomic mass is 79.9. The number of hydrogen-bond donors (Lipinski definition) is 1. The van der Waals surface area contributed by atoms with Crippen LogP contribution in [0.15, 0.2) is 41.0 Å². The molecule has 0 atom stereocenters. The number of pyridine rings is 1. The normalized spacial score (nSPS) is 10.9. The number of halogens is 2. The van der Waals surface area contributed by atoms with Crippen molar-refractivity contribution in [1.29, 1.82) is 0 Å². The fraction of sp³-hybridized carbons (Fsp3) is 0.125. The van der Waals surface area contributed by atoms with Crippen LogP contribution >= 0.6 is 27.5 Å². The van der Waals surface area contributed by atoms with Gasteiger partial charge in [-0.05, 0) is 53.5 Å². The third-order valence-corrected chi connectivity index (χ3v) is 4.15. The Kier molecular flexibility index (Phi) is 3.93. The van der Waals surface area contributed by atoms with Crippen LogP contribution in [0.4, 0.5) is 5.69 Å². The van der Waals surface area contributed by atoms with Crippen LogP contribution in [0.25, 0.3) is 5.65 Å². The van der Waals surface area contributed by atoms with Crippen LogP contribution in [0.3, 0.4) is 0 Å². The number of carbonyl (C=O) groups is 1. The highest BCUT2D eigenvalue weighted by molar-refractivity contribution is 9.10. The topological polar surface area (TPSA) is 46.4 Å². The molecule has 0 radical (unpaired) electrons. The average Bonchev–Trinajstić information content (AvgIpc) is 2.78. The van der Waals surface area contributed by atoms with E-state index in [1.807, 2.05) is 38.2 Å². The summed E-state index contributed by atoms with van der Waals surface area (Å²) in [5.41, 5.74) is 3.51. The van der Waals surface area contributed by atoms with E-state index in [2.05, 4.69) is 26.2 Å². The van der Waals surface area contributed by atoms with Gasteiger partial charge in [-0.3, -0.25) is 9.20 Å². The highest BCUT2D eigenvalue weighted by Gasteiger charge is 2.18. The Morgan fingerprint density at radius 1 is 1.32 bits per heavy atom. The van der Waals surface area contributed by atoms with Crippen LogP contribution in [-0.2, 0) is 0 Å². The Hall–Kier alpha value is -1.85. The van der Waals surface area contributed by atoms with Crippen LogP contribution < -0.4 is 5.32 Å². The first-order chi connectivity index (χ1) is 10.5. The van der Waals surface area contributed by atoms with E-state index in [0.29, 0.717) is 22.1 Å². The molecule has 1 aromatic carbocycles. The van der Waals surface area contributed by atoms with Gasteiger partial charge in [0, 0.05) is 10.7 Å². The molecule has 0 saturated heterocycles. The van der Waals surface area contributed by atoms with E-state index < -0.39 is 0 Å². The number of para-hydroxylation sites is 1. The molecule has 2 aromatic heterocycles. The van der Waals surface area contributed by atoms with Gasteiger partial charge in [-0.1, -0.05) is 23.7 Å². The van der Waals surface area contributed by atoms with Crippen molar-refractivity contribution in [3.8, 4) is 0 Å². The van der Waals surface area contributed by atoms with Crippen molar-refractivity contribution in [2.45, 2.75) is 13.8 Å². The monoisotopic (exact) mass is 377 g/mol. The number of anilines is 1. The van der Waals surface area contributed by atoms with Gasteiger partial charge < -0.3 is 5.32 Å². The first kappa shape index (κ1) is 15.1. The number of fused-ring (bicyclic) bond motifs is 1. The largest absolute Gasteiger partial charge is 0.319 e. The zero-order valence-corrected chi connectivity index (χ0v) is 14.4. The summed E-state index contributed by atoms with van der Waals surface area (Å²) in [5, 5.41) is 3.34. The van der Waals surface area contributed by atoms with Crippen molar-refractivity contribution < 1.29 is 4.79 Å². The van der Waals surface area contributed by atoms with Gasteiger partial charge in [0.05, 0.1) is 16.4 Å². The SMILES string of the molecule is Cc1nc2c(C)cc(Br)cn2c1C(=O)Nc1ccccc1Cl. The Morgan fingerprint density at radius 2 is 2.05 bits per heavy atom. The Morgan fingerprint density at radius 3 is 2.77 bits per heavy atom. The molecule has 0 saturated carbocycles. The van der Waals surface area contributed by atoms with Gasteiger partial charge >= 0.3 is 0 Å². The summed E-state index contributed by atoms with van der Waals surface area (Å²) in [7, 11) is 0. The van der Waals surface area contributed by atoms with Crippen LogP contribution in [0, 0.1) is 13.8 Å².